The molecule has 140 valence electrons. The van der Waals surface area contributed by atoms with E-state index in [0.29, 0.717) is 16.4 Å². The zero-order chi connectivity index (χ0) is 19.1. The summed E-state index contributed by atoms with van der Waals surface area (Å²) in [6.45, 7) is 4.76. The number of amides is 1. The lowest BCUT2D eigenvalue weighted by Gasteiger charge is -2.32. The number of carbonyl (C=O) groups is 1. The number of halogens is 5. The first-order valence-electron chi connectivity index (χ1n) is 7.45. The number of rotatable bonds is 5. The van der Waals surface area contributed by atoms with Crippen LogP contribution in [-0.2, 0) is 4.79 Å². The predicted octanol–water partition coefficient (Wildman–Crippen LogP) is 2.91. The SMILES string of the molecule is CC[C@@H](C(=O)N1N=C(C(F)F)C[C@@]1(O)C(F)F)n1nc(C)c(Cl)c1C. The fourth-order valence-electron chi connectivity index (χ4n) is 2.66. The molecular weight excluding hydrogens is 368 g/mol. The van der Waals surface area contributed by atoms with E-state index in [4.69, 9.17) is 11.6 Å². The summed E-state index contributed by atoms with van der Waals surface area (Å²) < 4.78 is 53.5. The van der Waals surface area contributed by atoms with Crippen LogP contribution in [0.4, 0.5) is 17.6 Å². The molecule has 0 saturated carbocycles. The van der Waals surface area contributed by atoms with Crippen LogP contribution in [0.25, 0.3) is 0 Å². The number of aliphatic hydroxyl groups is 1. The average Bonchev–Trinajstić information content (AvgIpc) is 3.02. The maximum Gasteiger partial charge on any atom is 0.287 e. The molecule has 0 aromatic carbocycles. The van der Waals surface area contributed by atoms with Crippen LogP contribution in [0.2, 0.25) is 5.02 Å². The van der Waals surface area contributed by atoms with Crippen molar-refractivity contribution in [3.63, 3.8) is 0 Å². The molecule has 11 heteroatoms. The van der Waals surface area contributed by atoms with Gasteiger partial charge in [0, 0.05) is 6.42 Å². The molecule has 25 heavy (non-hydrogen) atoms. The highest BCUT2D eigenvalue weighted by Crippen LogP contribution is 2.36. The van der Waals surface area contributed by atoms with Crippen LogP contribution in [0.3, 0.4) is 0 Å². The molecule has 0 bridgehead atoms. The molecule has 0 aliphatic carbocycles. The summed E-state index contributed by atoms with van der Waals surface area (Å²) in [5, 5.41) is 17.8. The Bertz CT molecular complexity index is 709. The third-order valence-corrected chi connectivity index (χ3v) is 4.60. The van der Waals surface area contributed by atoms with Gasteiger partial charge in [0.1, 0.15) is 11.8 Å². The zero-order valence-electron chi connectivity index (χ0n) is 13.7. The van der Waals surface area contributed by atoms with Crippen LogP contribution in [-0.4, -0.2) is 50.1 Å². The minimum Gasteiger partial charge on any atom is -0.364 e. The van der Waals surface area contributed by atoms with Crippen molar-refractivity contribution < 1.29 is 27.5 Å². The first-order valence-corrected chi connectivity index (χ1v) is 7.83. The number of hydrogen-bond acceptors (Lipinski definition) is 4. The molecule has 1 aromatic rings. The fourth-order valence-corrected chi connectivity index (χ4v) is 2.79. The first kappa shape index (κ1) is 19.6. The van der Waals surface area contributed by atoms with Gasteiger partial charge in [-0.1, -0.05) is 18.5 Å². The number of alkyl halides is 4. The first-order chi connectivity index (χ1) is 11.5. The molecule has 2 rings (SSSR count). The summed E-state index contributed by atoms with van der Waals surface area (Å²) in [7, 11) is 0. The zero-order valence-corrected chi connectivity index (χ0v) is 14.4. The van der Waals surface area contributed by atoms with E-state index in [-0.39, 0.29) is 11.4 Å². The normalized spacial score (nSPS) is 22.0. The summed E-state index contributed by atoms with van der Waals surface area (Å²) in [5.74, 6) is -1.07. The van der Waals surface area contributed by atoms with Gasteiger partial charge >= 0.3 is 0 Å². The molecule has 1 aliphatic rings. The van der Waals surface area contributed by atoms with E-state index >= 15 is 0 Å². The standard InChI is InChI=1S/C14H17ClF4N4O2/c1-4-9(22-7(3)10(15)6(2)20-22)12(24)23-14(25,13(18)19)5-8(21-23)11(16)17/h9,11,13,25H,4-5H2,1-3H3/t9-,14+/m0/s1. The Kier molecular flexibility index (Phi) is 5.43. The monoisotopic (exact) mass is 384 g/mol. The Morgan fingerprint density at radius 1 is 1.36 bits per heavy atom. The van der Waals surface area contributed by atoms with Gasteiger partial charge in [-0.25, -0.2) is 17.6 Å². The van der Waals surface area contributed by atoms with E-state index in [1.807, 2.05) is 0 Å². The fraction of sp³-hybridized carbons (Fsp3) is 0.643. The lowest BCUT2D eigenvalue weighted by atomic mass is 10.1. The van der Waals surface area contributed by atoms with E-state index < -0.39 is 42.7 Å². The molecule has 0 fully saturated rings. The number of aryl methyl sites for hydroxylation is 1. The van der Waals surface area contributed by atoms with Gasteiger partial charge in [-0.05, 0) is 20.3 Å². The molecule has 0 unspecified atom stereocenters. The molecule has 1 aliphatic heterocycles. The molecule has 0 saturated heterocycles. The Balaban J connectivity index is 2.45. The molecular formula is C14H17ClF4N4O2. The largest absolute Gasteiger partial charge is 0.364 e. The molecule has 1 N–H and O–H groups in total. The van der Waals surface area contributed by atoms with E-state index in [1.165, 1.54) is 4.68 Å². The van der Waals surface area contributed by atoms with Gasteiger partial charge in [-0.15, -0.1) is 0 Å². The third-order valence-electron chi connectivity index (χ3n) is 4.05. The van der Waals surface area contributed by atoms with Crippen molar-refractivity contribution in [1.29, 1.82) is 0 Å². The van der Waals surface area contributed by atoms with Gasteiger partial charge in [0.2, 0.25) is 5.72 Å². The second kappa shape index (κ2) is 6.91. The van der Waals surface area contributed by atoms with Crippen molar-refractivity contribution in [2.75, 3.05) is 0 Å². The van der Waals surface area contributed by atoms with Gasteiger partial charge < -0.3 is 5.11 Å². The Labute approximate surface area is 146 Å². The quantitative estimate of drug-likeness (QED) is 0.793. The highest BCUT2D eigenvalue weighted by molar-refractivity contribution is 6.31. The maximum atomic E-state index is 13.3. The van der Waals surface area contributed by atoms with Crippen molar-refractivity contribution >= 4 is 23.2 Å². The van der Waals surface area contributed by atoms with Crippen molar-refractivity contribution in [3.8, 4) is 0 Å². The molecule has 1 aromatic heterocycles. The Morgan fingerprint density at radius 3 is 2.36 bits per heavy atom. The van der Waals surface area contributed by atoms with Gasteiger partial charge in [-0.3, -0.25) is 9.48 Å². The Hall–Kier alpha value is -1.68. The molecule has 0 radical (unpaired) electrons. The lowest BCUT2D eigenvalue weighted by Crippen LogP contribution is -2.53. The van der Waals surface area contributed by atoms with Crippen molar-refractivity contribution in [3.05, 3.63) is 16.4 Å². The molecule has 1 amide bonds. The molecule has 2 heterocycles. The van der Waals surface area contributed by atoms with Crippen LogP contribution >= 0.6 is 11.6 Å². The summed E-state index contributed by atoms with van der Waals surface area (Å²) in [6.07, 6.45) is -7.65. The molecule has 0 spiro atoms. The highest BCUT2D eigenvalue weighted by atomic mass is 35.5. The van der Waals surface area contributed by atoms with Crippen molar-refractivity contribution in [1.82, 2.24) is 14.8 Å². The minimum atomic E-state index is -3.47. The number of nitrogens with zero attached hydrogens (tertiary/aromatic N) is 4. The number of hydrogen-bond donors (Lipinski definition) is 1. The van der Waals surface area contributed by atoms with Crippen LogP contribution in [0, 0.1) is 13.8 Å². The summed E-state index contributed by atoms with van der Waals surface area (Å²) in [5.41, 5.74) is -3.25. The summed E-state index contributed by atoms with van der Waals surface area (Å²) >= 11 is 6.03. The topological polar surface area (TPSA) is 70.7 Å². The van der Waals surface area contributed by atoms with Crippen LogP contribution in [0.5, 0.6) is 0 Å². The maximum absolute atomic E-state index is 13.3. The van der Waals surface area contributed by atoms with Gasteiger partial charge in [0.05, 0.1) is 16.4 Å². The minimum absolute atomic E-state index is 0.0533. The molecule has 6 nitrogen and oxygen atoms in total. The van der Waals surface area contributed by atoms with Gasteiger partial charge in [0.15, 0.2) is 0 Å². The lowest BCUT2D eigenvalue weighted by molar-refractivity contribution is -0.194. The smallest absolute Gasteiger partial charge is 0.287 e. The highest BCUT2D eigenvalue weighted by Gasteiger charge is 2.54. The number of hydrazone groups is 1. The van der Waals surface area contributed by atoms with Crippen LogP contribution in [0.1, 0.15) is 37.2 Å². The summed E-state index contributed by atoms with van der Waals surface area (Å²) in [4.78, 5) is 12.7. The van der Waals surface area contributed by atoms with E-state index in [9.17, 15) is 27.5 Å². The van der Waals surface area contributed by atoms with Crippen LogP contribution < -0.4 is 0 Å². The average molecular weight is 385 g/mol. The van der Waals surface area contributed by atoms with Crippen molar-refractivity contribution in [2.24, 2.45) is 5.10 Å². The Morgan fingerprint density at radius 2 is 1.96 bits per heavy atom. The van der Waals surface area contributed by atoms with E-state index in [2.05, 4.69) is 10.2 Å². The predicted molar refractivity (Wildman–Crippen MR) is 81.9 cm³/mol. The van der Waals surface area contributed by atoms with Gasteiger partial charge in [-0.2, -0.15) is 15.2 Å². The third kappa shape index (κ3) is 3.24. The summed E-state index contributed by atoms with van der Waals surface area (Å²) in [6, 6.07) is -1.13. The molecule has 2 atom stereocenters. The van der Waals surface area contributed by atoms with Crippen molar-refractivity contribution in [2.45, 2.75) is 58.2 Å². The second-order valence-electron chi connectivity index (χ2n) is 5.75. The van der Waals surface area contributed by atoms with Gasteiger partial charge in [0.25, 0.3) is 18.8 Å². The second-order valence-corrected chi connectivity index (χ2v) is 6.13. The van der Waals surface area contributed by atoms with E-state index in [0.717, 1.165) is 0 Å². The number of carbonyl (C=O) groups excluding carboxylic acids is 1. The van der Waals surface area contributed by atoms with Crippen LogP contribution in [0.15, 0.2) is 5.10 Å². The van der Waals surface area contributed by atoms with E-state index in [1.54, 1.807) is 20.8 Å². The number of aromatic nitrogens is 2.